The van der Waals surface area contributed by atoms with Crippen LogP contribution in [-0.2, 0) is 11.2 Å². The van der Waals surface area contributed by atoms with Crippen molar-refractivity contribution in [3.8, 4) is 5.75 Å². The van der Waals surface area contributed by atoms with E-state index in [1.807, 2.05) is 42.5 Å². The first-order chi connectivity index (χ1) is 16.1. The molecule has 1 aromatic heterocycles. The highest BCUT2D eigenvalue weighted by molar-refractivity contribution is 7.77. The van der Waals surface area contributed by atoms with Crippen molar-refractivity contribution in [1.82, 2.24) is 4.98 Å². The molecule has 172 valence electrons. The molecular weight excluding hydrogens is 452 g/mol. The predicted molar refractivity (Wildman–Crippen MR) is 140 cm³/mol. The average Bonchev–Trinajstić information content (AvgIpc) is 3.28. The van der Waals surface area contributed by atoms with Gasteiger partial charge in [-0.05, 0) is 41.8 Å². The summed E-state index contributed by atoms with van der Waals surface area (Å²) in [5.41, 5.74) is 9.75. The van der Waals surface area contributed by atoms with E-state index in [-0.39, 0.29) is 11.8 Å². The monoisotopic (exact) mass is 480 g/mol. The fraction of sp³-hybridized carbons (Fsp3) is 0.200. The quantitative estimate of drug-likeness (QED) is 0.119. The molecule has 1 heterocycles. The molecule has 0 saturated carbocycles. The third-order valence-corrected chi connectivity index (χ3v) is 6.24. The molecule has 0 aliphatic carbocycles. The number of benzene rings is 3. The van der Waals surface area contributed by atoms with Gasteiger partial charge >= 0.3 is 0 Å². The van der Waals surface area contributed by atoms with Crippen LogP contribution in [0.25, 0.3) is 10.2 Å². The van der Waals surface area contributed by atoms with Gasteiger partial charge in [0.2, 0.25) is 0 Å². The molecule has 0 aliphatic rings. The van der Waals surface area contributed by atoms with Crippen LogP contribution in [0.2, 0.25) is 0 Å². The smallest absolute Gasteiger partial charge is 0.122 e. The molecule has 4 rings (SSSR count). The van der Waals surface area contributed by atoms with E-state index >= 15 is 0 Å². The van der Waals surface area contributed by atoms with Crippen molar-refractivity contribution in [3.63, 3.8) is 0 Å². The second kappa shape index (κ2) is 12.4. The van der Waals surface area contributed by atoms with Crippen LogP contribution in [0.15, 0.2) is 72.8 Å². The minimum Gasteiger partial charge on any atom is -0.491 e. The summed E-state index contributed by atoms with van der Waals surface area (Å²) in [6.07, 6.45) is 0.780. The summed E-state index contributed by atoms with van der Waals surface area (Å²) < 4.78 is 11.9. The molecule has 3 aromatic carbocycles. The number of methoxy groups -OCH3 is 1. The van der Waals surface area contributed by atoms with Crippen molar-refractivity contribution < 1.29 is 9.47 Å². The van der Waals surface area contributed by atoms with Crippen LogP contribution in [0.5, 0.6) is 5.75 Å². The van der Waals surface area contributed by atoms with E-state index in [4.69, 9.17) is 25.6 Å². The summed E-state index contributed by atoms with van der Waals surface area (Å²) in [5.74, 6) is 1.02. The number of nitrogen functional groups attached to an aromatic ring is 1. The summed E-state index contributed by atoms with van der Waals surface area (Å²) >= 11 is 4.72. The van der Waals surface area contributed by atoms with E-state index in [0.717, 1.165) is 38.5 Å². The number of ether oxygens (including phenoxy) is 2. The summed E-state index contributed by atoms with van der Waals surface area (Å²) in [5, 5.41) is 13.0. The van der Waals surface area contributed by atoms with Gasteiger partial charge in [0.1, 0.15) is 23.2 Å². The van der Waals surface area contributed by atoms with Crippen molar-refractivity contribution in [2.75, 3.05) is 20.3 Å². The van der Waals surface area contributed by atoms with E-state index < -0.39 is 0 Å². The highest BCUT2D eigenvalue weighted by Crippen LogP contribution is 2.35. The molecule has 0 bridgehead atoms. The fourth-order valence-electron chi connectivity index (χ4n) is 3.54. The number of thiol groups is 1. The molecular formula is C25H28N4O2S2. The van der Waals surface area contributed by atoms with Gasteiger partial charge in [-0.15, -0.1) is 24.2 Å². The van der Waals surface area contributed by atoms with Gasteiger partial charge in [0.15, 0.2) is 0 Å². The van der Waals surface area contributed by atoms with Gasteiger partial charge in [0, 0.05) is 18.6 Å². The van der Waals surface area contributed by atoms with Crippen molar-refractivity contribution in [3.05, 3.63) is 94.5 Å². The number of aromatic nitrogens is 1. The van der Waals surface area contributed by atoms with Crippen molar-refractivity contribution >= 4 is 40.2 Å². The molecule has 33 heavy (non-hydrogen) atoms. The number of hydrogen-bond donors (Lipinski definition) is 4. The van der Waals surface area contributed by atoms with E-state index in [1.165, 1.54) is 5.56 Å². The first-order valence-electron chi connectivity index (χ1n) is 10.4. The molecule has 6 nitrogen and oxygen atoms in total. The zero-order valence-corrected chi connectivity index (χ0v) is 20.1. The van der Waals surface area contributed by atoms with Crippen LogP contribution < -0.4 is 15.6 Å². The molecule has 1 unspecified atom stereocenters. The number of fused-ring (bicyclic) bond motifs is 1. The molecule has 4 aromatic rings. The summed E-state index contributed by atoms with van der Waals surface area (Å²) in [4.78, 5) is 4.95. The van der Waals surface area contributed by atoms with Gasteiger partial charge in [-0.25, -0.2) is 4.98 Å². The molecule has 1 atom stereocenters. The number of rotatable bonds is 9. The first kappa shape index (κ1) is 24.7. The fourth-order valence-corrected chi connectivity index (χ4v) is 4.66. The topological polar surface area (TPSA) is 107 Å². The SMILES string of the molecule is COCCOc1ccc2nc(C(Cc3cccc(C(=N)N)c3)c3ccccc3)sc2c1.NS. The Kier molecular flexibility index (Phi) is 9.26. The van der Waals surface area contributed by atoms with Crippen LogP contribution in [0.4, 0.5) is 0 Å². The van der Waals surface area contributed by atoms with Crippen molar-refractivity contribution in [1.29, 1.82) is 5.41 Å². The maximum absolute atomic E-state index is 7.74. The minimum atomic E-state index is 0.0825. The highest BCUT2D eigenvalue weighted by atomic mass is 32.1. The predicted octanol–water partition coefficient (Wildman–Crippen LogP) is 4.77. The van der Waals surface area contributed by atoms with Gasteiger partial charge in [0.05, 0.1) is 16.8 Å². The Morgan fingerprint density at radius 2 is 1.82 bits per heavy atom. The molecule has 8 heteroatoms. The molecule has 5 N–H and O–H groups in total. The van der Waals surface area contributed by atoms with E-state index in [9.17, 15) is 0 Å². The lowest BCUT2D eigenvalue weighted by molar-refractivity contribution is 0.146. The van der Waals surface area contributed by atoms with Crippen LogP contribution in [-0.4, -0.2) is 31.1 Å². The van der Waals surface area contributed by atoms with Crippen LogP contribution in [0.3, 0.4) is 0 Å². The molecule has 0 spiro atoms. The Balaban J connectivity index is 0.00000149. The molecule has 0 aliphatic heterocycles. The standard InChI is InChI=1S/C25H25N3O2S.H3NS/c1-29-12-13-30-20-10-11-22-23(16-20)31-25(28-22)21(18-7-3-2-4-8-18)15-17-6-5-9-19(14-17)24(26)27;1-2/h2-11,14,16,21H,12-13,15H2,1H3,(H3,26,27);2H,1H2. The lowest BCUT2D eigenvalue weighted by Crippen LogP contribution is -2.12. The van der Waals surface area contributed by atoms with Gasteiger partial charge < -0.3 is 15.2 Å². The number of hydrogen-bond acceptors (Lipinski definition) is 7. The number of thiazole rings is 1. The van der Waals surface area contributed by atoms with Gasteiger partial charge in [-0.1, -0.05) is 48.5 Å². The van der Waals surface area contributed by atoms with Gasteiger partial charge in [-0.2, -0.15) is 0 Å². The number of nitrogens with two attached hydrogens (primary N) is 2. The normalized spacial score (nSPS) is 11.5. The van der Waals surface area contributed by atoms with E-state index in [1.54, 1.807) is 18.4 Å². The lowest BCUT2D eigenvalue weighted by atomic mass is 9.92. The zero-order chi connectivity index (χ0) is 23.6. The summed E-state index contributed by atoms with van der Waals surface area (Å²) in [6, 6.07) is 24.3. The molecule has 0 fully saturated rings. The Bertz CT molecular complexity index is 1180. The number of nitrogens with zero attached hydrogens (tertiary/aromatic N) is 1. The zero-order valence-electron chi connectivity index (χ0n) is 18.4. The second-order valence-electron chi connectivity index (χ2n) is 7.30. The third-order valence-electron chi connectivity index (χ3n) is 5.11. The van der Waals surface area contributed by atoms with Crippen molar-refractivity contribution in [2.45, 2.75) is 12.3 Å². The maximum atomic E-state index is 7.74. The Hall–Kier alpha value is -2.91. The van der Waals surface area contributed by atoms with E-state index in [2.05, 4.69) is 48.3 Å². The number of nitrogens with one attached hydrogen (secondary N) is 1. The largest absolute Gasteiger partial charge is 0.491 e. The maximum Gasteiger partial charge on any atom is 0.122 e. The number of amidine groups is 1. The van der Waals surface area contributed by atoms with Gasteiger partial charge in [-0.3, -0.25) is 10.5 Å². The molecule has 0 amide bonds. The van der Waals surface area contributed by atoms with E-state index in [0.29, 0.717) is 13.2 Å². The highest BCUT2D eigenvalue weighted by Gasteiger charge is 2.20. The summed E-state index contributed by atoms with van der Waals surface area (Å²) in [7, 11) is 1.66. The Labute approximate surface area is 203 Å². The average molecular weight is 481 g/mol. The lowest BCUT2D eigenvalue weighted by Gasteiger charge is -2.16. The van der Waals surface area contributed by atoms with Crippen LogP contribution >= 0.6 is 24.2 Å². The summed E-state index contributed by atoms with van der Waals surface area (Å²) in [6.45, 7) is 1.08. The minimum absolute atomic E-state index is 0.0825. The molecule has 0 saturated heterocycles. The Morgan fingerprint density at radius 3 is 2.55 bits per heavy atom. The first-order valence-corrected chi connectivity index (χ1v) is 11.7. The third kappa shape index (κ3) is 6.55. The second-order valence-corrected chi connectivity index (χ2v) is 8.37. The molecule has 0 radical (unpaired) electrons. The van der Waals surface area contributed by atoms with Gasteiger partial charge in [0.25, 0.3) is 0 Å². The Morgan fingerprint density at radius 1 is 1.03 bits per heavy atom. The van der Waals surface area contributed by atoms with Crippen LogP contribution in [0.1, 0.15) is 27.6 Å². The van der Waals surface area contributed by atoms with Crippen molar-refractivity contribution in [2.24, 2.45) is 10.9 Å². The van der Waals surface area contributed by atoms with Crippen LogP contribution in [0, 0.1) is 5.41 Å².